The van der Waals surface area contributed by atoms with Gasteiger partial charge in [0.15, 0.2) is 0 Å². The van der Waals surface area contributed by atoms with Crippen molar-refractivity contribution in [3.05, 3.63) is 64.7 Å². The highest BCUT2D eigenvalue weighted by molar-refractivity contribution is 5.30. The summed E-state index contributed by atoms with van der Waals surface area (Å²) in [6.45, 7) is 8.45. The molecule has 2 fully saturated rings. The maximum Gasteiger partial charge on any atom is 0.416 e. The van der Waals surface area contributed by atoms with E-state index in [2.05, 4.69) is 41.8 Å². The van der Waals surface area contributed by atoms with Crippen molar-refractivity contribution in [3.8, 4) is 5.75 Å². The normalized spacial score (nSPS) is 22.4. The molecule has 3 nitrogen and oxygen atoms in total. The Hall–Kier alpha value is -2.05. The first-order valence-corrected chi connectivity index (χ1v) is 10.1. The van der Waals surface area contributed by atoms with Gasteiger partial charge in [-0.3, -0.25) is 9.80 Å². The van der Waals surface area contributed by atoms with E-state index in [-0.39, 0.29) is 5.75 Å². The summed E-state index contributed by atoms with van der Waals surface area (Å²) >= 11 is 0. The topological polar surface area (TPSA) is 15.7 Å². The third-order valence-corrected chi connectivity index (χ3v) is 5.94. The van der Waals surface area contributed by atoms with Crippen molar-refractivity contribution in [1.82, 2.24) is 9.80 Å². The monoisotopic (exact) mass is 404 g/mol. The van der Waals surface area contributed by atoms with Crippen LogP contribution in [0.25, 0.3) is 0 Å². The van der Waals surface area contributed by atoms with Crippen LogP contribution in [0.1, 0.15) is 28.7 Å². The van der Waals surface area contributed by atoms with Crippen LogP contribution in [0.3, 0.4) is 0 Å². The fourth-order valence-corrected chi connectivity index (χ4v) is 4.74. The molecule has 4 rings (SSSR count). The number of fused-ring (bicyclic) bond motifs is 2. The van der Waals surface area contributed by atoms with E-state index in [0.29, 0.717) is 18.7 Å². The minimum absolute atomic E-state index is 0.278. The number of rotatable bonds is 6. The van der Waals surface area contributed by atoms with Crippen LogP contribution >= 0.6 is 0 Å². The first-order valence-electron chi connectivity index (χ1n) is 10.1. The molecule has 2 bridgehead atoms. The van der Waals surface area contributed by atoms with Gasteiger partial charge in [0.1, 0.15) is 12.4 Å². The van der Waals surface area contributed by atoms with E-state index in [9.17, 15) is 13.2 Å². The van der Waals surface area contributed by atoms with Crippen molar-refractivity contribution in [2.24, 2.45) is 0 Å². The number of nitrogens with zero attached hydrogens (tertiary/aromatic N) is 2. The van der Waals surface area contributed by atoms with E-state index in [0.717, 1.165) is 44.7 Å². The Labute approximate surface area is 170 Å². The molecule has 2 atom stereocenters. The van der Waals surface area contributed by atoms with Gasteiger partial charge in [0.2, 0.25) is 0 Å². The third-order valence-electron chi connectivity index (χ3n) is 5.94. The molecule has 2 aromatic rings. The van der Waals surface area contributed by atoms with E-state index >= 15 is 0 Å². The first kappa shape index (κ1) is 20.2. The first-order chi connectivity index (χ1) is 13.8. The Bertz CT molecular complexity index is 847. The van der Waals surface area contributed by atoms with Crippen LogP contribution in [-0.4, -0.2) is 48.1 Å². The summed E-state index contributed by atoms with van der Waals surface area (Å²) < 4.78 is 44.0. The number of aryl methyl sites for hydroxylation is 2. The van der Waals surface area contributed by atoms with Crippen molar-refractivity contribution >= 4 is 0 Å². The summed E-state index contributed by atoms with van der Waals surface area (Å²) in [4.78, 5) is 4.97. The van der Waals surface area contributed by atoms with Crippen LogP contribution in [0.5, 0.6) is 5.75 Å². The molecular formula is C23H27F3N2O. The summed E-state index contributed by atoms with van der Waals surface area (Å²) in [6.07, 6.45) is -3.18. The predicted molar refractivity (Wildman–Crippen MR) is 107 cm³/mol. The van der Waals surface area contributed by atoms with Crippen LogP contribution in [0, 0.1) is 13.8 Å². The zero-order chi connectivity index (χ0) is 20.6. The van der Waals surface area contributed by atoms with Crippen molar-refractivity contribution in [2.75, 3.05) is 26.2 Å². The van der Waals surface area contributed by atoms with Crippen LogP contribution < -0.4 is 4.74 Å². The van der Waals surface area contributed by atoms with Crippen molar-refractivity contribution < 1.29 is 17.9 Å². The number of hydrogen-bond acceptors (Lipinski definition) is 3. The lowest BCUT2D eigenvalue weighted by Gasteiger charge is -2.34. The fourth-order valence-electron chi connectivity index (χ4n) is 4.74. The van der Waals surface area contributed by atoms with Crippen LogP contribution in [0.15, 0.2) is 42.5 Å². The quantitative estimate of drug-likeness (QED) is 0.697. The number of hydrogen-bond donors (Lipinski definition) is 0. The molecule has 0 spiro atoms. The summed E-state index contributed by atoms with van der Waals surface area (Å²) in [6, 6.07) is 12.9. The Morgan fingerprint density at radius 2 is 1.66 bits per heavy atom. The average Bonchev–Trinajstić information content (AvgIpc) is 3.20. The lowest BCUT2D eigenvalue weighted by molar-refractivity contribution is -0.137. The smallest absolute Gasteiger partial charge is 0.416 e. The molecule has 0 amide bonds. The maximum absolute atomic E-state index is 12.8. The molecule has 0 aromatic heterocycles. The minimum Gasteiger partial charge on any atom is -0.492 e. The number of piperazine rings is 1. The van der Waals surface area contributed by atoms with Gasteiger partial charge < -0.3 is 4.74 Å². The van der Waals surface area contributed by atoms with Gasteiger partial charge in [-0.2, -0.15) is 13.2 Å². The lowest BCUT2D eigenvalue weighted by Crippen LogP contribution is -2.47. The fraction of sp³-hybridized carbons (Fsp3) is 0.478. The molecule has 1 unspecified atom stereocenters. The Morgan fingerprint density at radius 3 is 2.31 bits per heavy atom. The molecule has 29 heavy (non-hydrogen) atoms. The van der Waals surface area contributed by atoms with Gasteiger partial charge >= 0.3 is 6.18 Å². The van der Waals surface area contributed by atoms with Gasteiger partial charge in [-0.25, -0.2) is 0 Å². The Kier molecular flexibility index (Phi) is 5.58. The molecule has 6 heteroatoms. The van der Waals surface area contributed by atoms with Gasteiger partial charge in [-0.05, 0) is 44.0 Å². The molecule has 2 aromatic carbocycles. The maximum atomic E-state index is 12.8. The number of halogens is 3. The molecule has 0 N–H and O–H groups in total. The van der Waals surface area contributed by atoms with E-state index < -0.39 is 11.7 Å². The summed E-state index contributed by atoms with van der Waals surface area (Å²) in [5.41, 5.74) is 3.31. The summed E-state index contributed by atoms with van der Waals surface area (Å²) in [5, 5.41) is 0. The highest BCUT2D eigenvalue weighted by Gasteiger charge is 2.42. The van der Waals surface area contributed by atoms with E-state index in [1.54, 1.807) is 6.07 Å². The minimum atomic E-state index is -4.34. The SMILES string of the molecule is Cc1cc(C)cc(CN2CC3C[C@H]2CN3CCOc2cccc(C(F)(F)F)c2)c1. The zero-order valence-corrected chi connectivity index (χ0v) is 16.9. The largest absolute Gasteiger partial charge is 0.492 e. The van der Waals surface area contributed by atoms with E-state index in [4.69, 9.17) is 4.74 Å². The number of likely N-dealkylation sites (tertiary alicyclic amines) is 2. The highest BCUT2D eigenvalue weighted by Crippen LogP contribution is 2.33. The Balaban J connectivity index is 1.26. The van der Waals surface area contributed by atoms with Crippen LogP contribution in [0.2, 0.25) is 0 Å². The molecule has 2 heterocycles. The summed E-state index contributed by atoms with van der Waals surface area (Å²) in [5.74, 6) is 0.278. The second-order valence-corrected chi connectivity index (χ2v) is 8.34. The Morgan fingerprint density at radius 1 is 0.966 bits per heavy atom. The van der Waals surface area contributed by atoms with Gasteiger partial charge in [0.25, 0.3) is 0 Å². The molecule has 0 radical (unpaired) electrons. The van der Waals surface area contributed by atoms with Crippen molar-refractivity contribution in [2.45, 2.75) is 45.1 Å². The van der Waals surface area contributed by atoms with Crippen molar-refractivity contribution in [1.29, 1.82) is 0 Å². The van der Waals surface area contributed by atoms with Gasteiger partial charge in [0, 0.05) is 38.3 Å². The van der Waals surface area contributed by atoms with Crippen molar-refractivity contribution in [3.63, 3.8) is 0 Å². The number of benzene rings is 2. The molecule has 2 aliphatic heterocycles. The van der Waals surface area contributed by atoms with E-state index in [1.165, 1.54) is 22.8 Å². The highest BCUT2D eigenvalue weighted by atomic mass is 19.4. The van der Waals surface area contributed by atoms with Gasteiger partial charge in [-0.1, -0.05) is 35.4 Å². The standard InChI is InChI=1S/C23H27F3N2O/c1-16-8-17(2)10-18(9-16)13-28-15-20-12-21(28)14-27(20)6-7-29-22-5-3-4-19(11-22)23(24,25)26/h3-5,8-11,20-21H,6-7,12-15H2,1-2H3/t20?,21-/m0/s1. The average molecular weight is 404 g/mol. The molecule has 2 saturated heterocycles. The van der Waals surface area contributed by atoms with E-state index in [1.807, 2.05) is 0 Å². The third kappa shape index (κ3) is 4.75. The summed E-state index contributed by atoms with van der Waals surface area (Å²) in [7, 11) is 0. The number of ether oxygens (including phenoxy) is 1. The molecule has 0 saturated carbocycles. The molecule has 2 aliphatic rings. The zero-order valence-electron chi connectivity index (χ0n) is 16.9. The second-order valence-electron chi connectivity index (χ2n) is 8.34. The van der Waals surface area contributed by atoms with Gasteiger partial charge in [0.05, 0.1) is 5.56 Å². The van der Waals surface area contributed by atoms with Crippen LogP contribution in [-0.2, 0) is 12.7 Å². The number of alkyl halides is 3. The molecule has 156 valence electrons. The molecule has 0 aliphatic carbocycles. The lowest BCUT2D eigenvalue weighted by atomic mass is 10.1. The predicted octanol–water partition coefficient (Wildman–Crippen LogP) is 4.66. The second kappa shape index (κ2) is 8.00. The van der Waals surface area contributed by atoms with Gasteiger partial charge in [-0.15, -0.1) is 0 Å². The van der Waals surface area contributed by atoms with Crippen LogP contribution in [0.4, 0.5) is 13.2 Å². The molecular weight excluding hydrogens is 377 g/mol.